The van der Waals surface area contributed by atoms with Crippen LogP contribution in [0.4, 0.5) is 0 Å². The lowest BCUT2D eigenvalue weighted by Crippen LogP contribution is -2.44. The Hall–Kier alpha value is -1.34. The Morgan fingerprint density at radius 3 is 2.25 bits per heavy atom. The van der Waals surface area contributed by atoms with E-state index >= 15 is 0 Å². The first-order valence-electron chi connectivity index (χ1n) is 8.10. The maximum atomic E-state index is 12.1. The van der Waals surface area contributed by atoms with Crippen LogP contribution >= 0.6 is 11.8 Å². The van der Waals surface area contributed by atoms with Gasteiger partial charge in [-0.1, -0.05) is 49.2 Å². The van der Waals surface area contributed by atoms with Gasteiger partial charge in [0.05, 0.1) is 26.7 Å². The first-order chi connectivity index (χ1) is 11.4. The van der Waals surface area contributed by atoms with Crippen molar-refractivity contribution in [1.82, 2.24) is 0 Å². The molecule has 2 N–H and O–H groups in total. The maximum Gasteiger partial charge on any atom is 0.488 e. The predicted octanol–water partition coefficient (Wildman–Crippen LogP) is 1.84. The Morgan fingerprint density at radius 2 is 1.75 bits per heavy atom. The quantitative estimate of drug-likeness (QED) is 0.277. The molecular weight excluding hydrogens is 321 g/mol. The van der Waals surface area contributed by atoms with Crippen LogP contribution in [0.15, 0.2) is 49.6 Å². The number of likely N-dealkylation sites (N-methyl/N-ethyl adjacent to an activating group) is 1. The minimum absolute atomic E-state index is 0.0171. The molecule has 4 nitrogen and oxygen atoms in total. The second-order valence-corrected chi connectivity index (χ2v) is 7.19. The van der Waals surface area contributed by atoms with E-state index in [-0.39, 0.29) is 5.12 Å². The summed E-state index contributed by atoms with van der Waals surface area (Å²) in [5.74, 6) is 0.783. The van der Waals surface area contributed by atoms with Crippen LogP contribution in [0.1, 0.15) is 23.2 Å². The van der Waals surface area contributed by atoms with Crippen molar-refractivity contribution >= 4 is 29.5 Å². The molecule has 1 rings (SSSR count). The Labute approximate surface area is 149 Å². The van der Waals surface area contributed by atoms with Crippen LogP contribution < -0.4 is 5.46 Å². The van der Waals surface area contributed by atoms with Gasteiger partial charge in [0.2, 0.25) is 5.12 Å². The third kappa shape index (κ3) is 7.05. The van der Waals surface area contributed by atoms with Crippen LogP contribution in [-0.4, -0.2) is 59.2 Å². The molecule has 0 saturated heterocycles. The van der Waals surface area contributed by atoms with E-state index in [1.54, 1.807) is 24.3 Å². The number of carbonyl (C=O) groups excluding carboxylic acids is 1. The summed E-state index contributed by atoms with van der Waals surface area (Å²) in [7, 11) is 0.694. The fourth-order valence-corrected chi connectivity index (χ4v) is 3.35. The minimum atomic E-state index is -1.50. The van der Waals surface area contributed by atoms with Crippen molar-refractivity contribution < 1.29 is 19.3 Å². The van der Waals surface area contributed by atoms with E-state index in [9.17, 15) is 4.79 Å². The summed E-state index contributed by atoms with van der Waals surface area (Å²) in [5, 5.41) is 18.1. The van der Waals surface area contributed by atoms with Crippen molar-refractivity contribution in [3.05, 3.63) is 55.1 Å². The zero-order chi connectivity index (χ0) is 18.0. The van der Waals surface area contributed by atoms with Gasteiger partial charge < -0.3 is 14.5 Å². The molecule has 0 amide bonds. The molecule has 1 aromatic carbocycles. The normalized spacial score (nSPS) is 11.1. The van der Waals surface area contributed by atoms with Crippen molar-refractivity contribution in [2.75, 3.05) is 32.4 Å². The summed E-state index contributed by atoms with van der Waals surface area (Å²) >= 11 is 1.31. The monoisotopic (exact) mass is 348 g/mol. The fourth-order valence-electron chi connectivity index (χ4n) is 2.52. The van der Waals surface area contributed by atoms with E-state index in [1.807, 2.05) is 12.2 Å². The lowest BCUT2D eigenvalue weighted by Gasteiger charge is -2.32. The highest BCUT2D eigenvalue weighted by Gasteiger charge is 2.17. The highest BCUT2D eigenvalue weighted by molar-refractivity contribution is 8.14. The summed E-state index contributed by atoms with van der Waals surface area (Å²) in [4.78, 5) is 12.1. The van der Waals surface area contributed by atoms with E-state index in [4.69, 9.17) is 10.0 Å². The molecule has 0 atom stereocenters. The highest BCUT2D eigenvalue weighted by atomic mass is 32.2. The van der Waals surface area contributed by atoms with Crippen molar-refractivity contribution in [3.63, 3.8) is 0 Å². The molecule has 0 aromatic heterocycles. The van der Waals surface area contributed by atoms with Crippen LogP contribution in [0.5, 0.6) is 0 Å². The number of nitrogens with zero attached hydrogens (tertiary/aromatic N) is 1. The summed E-state index contributed by atoms with van der Waals surface area (Å²) in [5.41, 5.74) is 0.973. The van der Waals surface area contributed by atoms with Gasteiger partial charge in [-0.15, -0.1) is 0 Å². The first kappa shape index (κ1) is 20.7. The molecule has 0 bridgehead atoms. The number of carbonyl (C=O) groups is 1. The molecule has 0 aliphatic heterocycles. The number of benzene rings is 1. The molecule has 0 aliphatic carbocycles. The lowest BCUT2D eigenvalue weighted by atomic mass is 9.80. The molecule has 0 fully saturated rings. The second kappa shape index (κ2) is 10.5. The Kier molecular flexibility index (Phi) is 9.07. The van der Waals surface area contributed by atoms with Gasteiger partial charge in [0.25, 0.3) is 0 Å². The second-order valence-electron chi connectivity index (χ2n) is 6.12. The van der Waals surface area contributed by atoms with Gasteiger partial charge >= 0.3 is 7.12 Å². The molecule has 0 saturated carbocycles. The van der Waals surface area contributed by atoms with E-state index < -0.39 is 7.12 Å². The van der Waals surface area contributed by atoms with E-state index in [2.05, 4.69) is 20.2 Å². The predicted molar refractivity (Wildman–Crippen MR) is 103 cm³/mol. The van der Waals surface area contributed by atoms with Gasteiger partial charge in [0.15, 0.2) is 0 Å². The Balaban J connectivity index is 2.35. The number of rotatable bonds is 11. The third-order valence-corrected chi connectivity index (χ3v) is 4.90. The lowest BCUT2D eigenvalue weighted by molar-refractivity contribution is -0.898. The molecule has 0 spiro atoms. The van der Waals surface area contributed by atoms with E-state index in [1.165, 1.54) is 11.8 Å². The van der Waals surface area contributed by atoms with Gasteiger partial charge in [-0.05, 0) is 30.5 Å². The van der Waals surface area contributed by atoms with Gasteiger partial charge in [-0.2, -0.15) is 0 Å². The molecule has 0 radical (unpaired) electrons. The fraction of sp³-hybridized carbons (Fsp3) is 0.389. The molecule has 24 heavy (non-hydrogen) atoms. The molecule has 0 unspecified atom stereocenters. The molecule has 0 aliphatic rings. The standard InChI is InChI=1S/C18H27BNO3S/c1-4-12-20(3,13-5-2)14-6-7-15-24-18(21)16-8-10-17(11-9-16)19(22)23/h4-5,8-11,22-23H,1-2,6-7,12-15H2,3H3/q+1. The summed E-state index contributed by atoms with van der Waals surface area (Å²) in [6, 6.07) is 6.39. The zero-order valence-corrected chi connectivity index (χ0v) is 15.2. The smallest absolute Gasteiger partial charge is 0.423 e. The average molecular weight is 348 g/mol. The number of hydrogen-bond donors (Lipinski definition) is 2. The number of unbranched alkanes of at least 4 members (excludes halogenated alkanes) is 1. The number of thioether (sulfide) groups is 1. The van der Waals surface area contributed by atoms with E-state index in [0.717, 1.165) is 42.7 Å². The molecule has 1 aromatic rings. The molecule has 130 valence electrons. The van der Waals surface area contributed by atoms with Gasteiger partial charge in [-0.25, -0.2) is 0 Å². The highest BCUT2D eigenvalue weighted by Crippen LogP contribution is 2.15. The summed E-state index contributed by atoms with van der Waals surface area (Å²) in [6.45, 7) is 10.5. The largest absolute Gasteiger partial charge is 0.488 e. The van der Waals surface area contributed by atoms with Crippen LogP contribution in [-0.2, 0) is 0 Å². The Morgan fingerprint density at radius 1 is 1.17 bits per heavy atom. The first-order valence-corrected chi connectivity index (χ1v) is 9.09. The number of hydrogen-bond acceptors (Lipinski definition) is 4. The minimum Gasteiger partial charge on any atom is -0.423 e. The van der Waals surface area contributed by atoms with Crippen LogP contribution in [0, 0.1) is 0 Å². The van der Waals surface area contributed by atoms with Gasteiger partial charge in [0.1, 0.15) is 0 Å². The van der Waals surface area contributed by atoms with E-state index in [0.29, 0.717) is 11.0 Å². The molecule has 6 heteroatoms. The van der Waals surface area contributed by atoms with Crippen molar-refractivity contribution in [3.8, 4) is 0 Å². The van der Waals surface area contributed by atoms with Gasteiger partial charge in [-0.3, -0.25) is 4.79 Å². The number of quaternary nitrogens is 1. The summed E-state index contributed by atoms with van der Waals surface area (Å²) < 4.78 is 0.899. The van der Waals surface area contributed by atoms with Crippen molar-refractivity contribution in [2.24, 2.45) is 0 Å². The Bertz CT molecular complexity index is 536. The van der Waals surface area contributed by atoms with Crippen LogP contribution in [0.2, 0.25) is 0 Å². The van der Waals surface area contributed by atoms with Crippen LogP contribution in [0.3, 0.4) is 0 Å². The van der Waals surface area contributed by atoms with Crippen molar-refractivity contribution in [1.29, 1.82) is 0 Å². The topological polar surface area (TPSA) is 57.5 Å². The maximum absolute atomic E-state index is 12.1. The SMILES string of the molecule is C=CC[N+](C)(CC=C)CCCCSC(=O)c1ccc(B(O)O)cc1. The zero-order valence-electron chi connectivity index (χ0n) is 14.4. The van der Waals surface area contributed by atoms with Gasteiger partial charge in [0, 0.05) is 11.3 Å². The average Bonchev–Trinajstić information content (AvgIpc) is 2.55. The summed E-state index contributed by atoms with van der Waals surface area (Å²) in [6.07, 6.45) is 5.91. The molecule has 0 heterocycles. The molecular formula is C18H27BNO3S+. The van der Waals surface area contributed by atoms with Crippen LogP contribution in [0.25, 0.3) is 0 Å². The van der Waals surface area contributed by atoms with Crippen molar-refractivity contribution in [2.45, 2.75) is 12.8 Å². The third-order valence-electron chi connectivity index (χ3n) is 3.91.